The molecule has 1 unspecified atom stereocenters. The Labute approximate surface area is 104 Å². The summed E-state index contributed by atoms with van der Waals surface area (Å²) >= 11 is 0. The van der Waals surface area contributed by atoms with E-state index < -0.39 is 0 Å². The van der Waals surface area contributed by atoms with Gasteiger partial charge < -0.3 is 15.2 Å². The molecule has 1 atom stereocenters. The summed E-state index contributed by atoms with van der Waals surface area (Å²) in [6.07, 6.45) is 0.237. The normalized spacial score (nSPS) is 12.8. The third-order valence-electron chi connectivity index (χ3n) is 3.02. The van der Waals surface area contributed by atoms with Gasteiger partial charge in [-0.05, 0) is 30.5 Å². The summed E-state index contributed by atoms with van der Waals surface area (Å²) in [5, 5.41) is 0. The second-order valence-electron chi connectivity index (χ2n) is 4.61. The van der Waals surface area contributed by atoms with Crippen LogP contribution in [0.25, 0.3) is 0 Å². The Bertz CT molecular complexity index is 350. The van der Waals surface area contributed by atoms with Gasteiger partial charge >= 0.3 is 0 Å². The average Bonchev–Trinajstić information content (AvgIpc) is 2.35. The minimum absolute atomic E-state index is 0.237. The van der Waals surface area contributed by atoms with Crippen molar-refractivity contribution in [2.75, 3.05) is 7.11 Å². The molecule has 0 bridgehead atoms. The Morgan fingerprint density at radius 1 is 1.24 bits per heavy atom. The van der Waals surface area contributed by atoms with Crippen LogP contribution in [-0.4, -0.2) is 13.2 Å². The molecular weight excluding hydrogens is 214 g/mol. The van der Waals surface area contributed by atoms with Gasteiger partial charge in [-0.15, -0.1) is 0 Å². The van der Waals surface area contributed by atoms with Gasteiger partial charge in [-0.2, -0.15) is 0 Å². The number of rotatable bonds is 6. The van der Waals surface area contributed by atoms with Crippen LogP contribution in [0.3, 0.4) is 0 Å². The van der Waals surface area contributed by atoms with E-state index in [9.17, 15) is 0 Å². The Balaban J connectivity index is 2.74. The SMILES string of the molecule is COc1ccc(CN)cc1COC(C)C(C)C. The van der Waals surface area contributed by atoms with Crippen molar-refractivity contribution in [2.45, 2.75) is 40.0 Å². The predicted octanol–water partition coefficient (Wildman–Crippen LogP) is 2.72. The summed E-state index contributed by atoms with van der Waals surface area (Å²) in [4.78, 5) is 0. The van der Waals surface area contributed by atoms with Crippen molar-refractivity contribution in [3.63, 3.8) is 0 Å². The van der Waals surface area contributed by atoms with Crippen LogP contribution in [0.15, 0.2) is 18.2 Å². The Kier molecular flexibility index (Phi) is 5.45. The van der Waals surface area contributed by atoms with Gasteiger partial charge in [0.05, 0.1) is 19.8 Å². The van der Waals surface area contributed by atoms with E-state index in [1.807, 2.05) is 18.2 Å². The molecule has 1 aromatic rings. The lowest BCUT2D eigenvalue weighted by atomic mass is 10.1. The van der Waals surface area contributed by atoms with Gasteiger partial charge in [0.2, 0.25) is 0 Å². The van der Waals surface area contributed by atoms with Gasteiger partial charge in [-0.25, -0.2) is 0 Å². The first-order valence-corrected chi connectivity index (χ1v) is 6.06. The number of methoxy groups -OCH3 is 1. The van der Waals surface area contributed by atoms with Crippen LogP contribution in [0, 0.1) is 5.92 Å². The van der Waals surface area contributed by atoms with Crippen molar-refractivity contribution in [1.29, 1.82) is 0 Å². The Morgan fingerprint density at radius 2 is 1.94 bits per heavy atom. The summed E-state index contributed by atoms with van der Waals surface area (Å²) in [5.74, 6) is 1.37. The molecule has 3 nitrogen and oxygen atoms in total. The van der Waals surface area contributed by atoms with Gasteiger partial charge in [0.25, 0.3) is 0 Å². The van der Waals surface area contributed by atoms with Crippen molar-refractivity contribution in [1.82, 2.24) is 0 Å². The fourth-order valence-corrected chi connectivity index (χ4v) is 1.49. The molecule has 0 fully saturated rings. The van der Waals surface area contributed by atoms with E-state index in [4.69, 9.17) is 15.2 Å². The number of benzene rings is 1. The minimum Gasteiger partial charge on any atom is -0.496 e. The van der Waals surface area contributed by atoms with E-state index in [2.05, 4.69) is 20.8 Å². The lowest BCUT2D eigenvalue weighted by Gasteiger charge is -2.18. The molecular formula is C14H23NO2. The van der Waals surface area contributed by atoms with Crippen LogP contribution >= 0.6 is 0 Å². The van der Waals surface area contributed by atoms with Gasteiger partial charge in [-0.3, -0.25) is 0 Å². The number of nitrogens with two attached hydrogens (primary N) is 1. The molecule has 1 aromatic carbocycles. The summed E-state index contributed by atoms with van der Waals surface area (Å²) in [7, 11) is 1.67. The lowest BCUT2D eigenvalue weighted by molar-refractivity contribution is 0.0226. The summed E-state index contributed by atoms with van der Waals surface area (Å²) < 4.78 is 11.1. The van der Waals surface area contributed by atoms with Crippen LogP contribution in [0.4, 0.5) is 0 Å². The second kappa shape index (κ2) is 6.62. The van der Waals surface area contributed by atoms with E-state index in [1.165, 1.54) is 0 Å². The molecule has 0 amide bonds. The van der Waals surface area contributed by atoms with Gasteiger partial charge in [0.1, 0.15) is 5.75 Å². The zero-order valence-electron chi connectivity index (χ0n) is 11.2. The molecule has 0 aliphatic carbocycles. The number of hydrogen-bond acceptors (Lipinski definition) is 3. The quantitative estimate of drug-likeness (QED) is 0.827. The Hall–Kier alpha value is -1.06. The third-order valence-corrected chi connectivity index (χ3v) is 3.02. The molecule has 0 aliphatic heterocycles. The van der Waals surface area contributed by atoms with Crippen LogP contribution in [0.5, 0.6) is 5.75 Å². The maximum atomic E-state index is 5.81. The topological polar surface area (TPSA) is 44.5 Å². The first-order valence-electron chi connectivity index (χ1n) is 6.06. The zero-order chi connectivity index (χ0) is 12.8. The van der Waals surface area contributed by atoms with Crippen molar-refractivity contribution in [2.24, 2.45) is 11.7 Å². The number of ether oxygens (including phenoxy) is 2. The highest BCUT2D eigenvalue weighted by Gasteiger charge is 2.10. The van der Waals surface area contributed by atoms with Gasteiger partial charge in [0.15, 0.2) is 0 Å². The molecule has 3 heteroatoms. The van der Waals surface area contributed by atoms with E-state index in [-0.39, 0.29) is 6.10 Å². The summed E-state index contributed by atoms with van der Waals surface area (Å²) in [6.45, 7) is 7.49. The number of hydrogen-bond donors (Lipinski definition) is 1. The van der Waals surface area contributed by atoms with Gasteiger partial charge in [0, 0.05) is 12.1 Å². The lowest BCUT2D eigenvalue weighted by Crippen LogP contribution is -2.15. The fraction of sp³-hybridized carbons (Fsp3) is 0.571. The monoisotopic (exact) mass is 237 g/mol. The van der Waals surface area contributed by atoms with E-state index >= 15 is 0 Å². The predicted molar refractivity (Wildman–Crippen MR) is 70.0 cm³/mol. The maximum absolute atomic E-state index is 5.81. The fourth-order valence-electron chi connectivity index (χ4n) is 1.49. The molecule has 96 valence electrons. The summed E-state index contributed by atoms with van der Waals surface area (Å²) in [6, 6.07) is 5.97. The van der Waals surface area contributed by atoms with Gasteiger partial charge in [-0.1, -0.05) is 19.9 Å². The molecule has 0 saturated carbocycles. The van der Waals surface area contributed by atoms with Crippen LogP contribution in [0.2, 0.25) is 0 Å². The van der Waals surface area contributed by atoms with E-state index in [0.29, 0.717) is 19.1 Å². The van der Waals surface area contributed by atoms with Crippen LogP contribution < -0.4 is 10.5 Å². The highest BCUT2D eigenvalue weighted by atomic mass is 16.5. The molecule has 0 saturated heterocycles. The molecule has 0 radical (unpaired) electrons. The molecule has 0 aliphatic rings. The second-order valence-corrected chi connectivity index (χ2v) is 4.61. The highest BCUT2D eigenvalue weighted by molar-refractivity contribution is 5.36. The minimum atomic E-state index is 0.237. The van der Waals surface area contributed by atoms with Crippen molar-refractivity contribution < 1.29 is 9.47 Å². The standard InChI is InChI=1S/C14H23NO2/c1-10(2)11(3)17-9-13-7-12(8-15)5-6-14(13)16-4/h5-7,10-11H,8-9,15H2,1-4H3. The molecule has 0 spiro atoms. The van der Waals surface area contributed by atoms with E-state index in [0.717, 1.165) is 16.9 Å². The molecule has 17 heavy (non-hydrogen) atoms. The van der Waals surface area contributed by atoms with Crippen molar-refractivity contribution in [3.8, 4) is 5.75 Å². The molecule has 0 aromatic heterocycles. The molecule has 1 rings (SSSR count). The first kappa shape index (κ1) is 14.0. The van der Waals surface area contributed by atoms with E-state index in [1.54, 1.807) is 7.11 Å². The summed E-state index contributed by atoms with van der Waals surface area (Å²) in [5.41, 5.74) is 7.79. The third kappa shape index (κ3) is 4.02. The Morgan fingerprint density at radius 3 is 2.47 bits per heavy atom. The largest absolute Gasteiger partial charge is 0.496 e. The van der Waals surface area contributed by atoms with Crippen LogP contribution in [-0.2, 0) is 17.9 Å². The zero-order valence-corrected chi connectivity index (χ0v) is 11.2. The maximum Gasteiger partial charge on any atom is 0.124 e. The van der Waals surface area contributed by atoms with Crippen molar-refractivity contribution in [3.05, 3.63) is 29.3 Å². The van der Waals surface area contributed by atoms with Crippen molar-refractivity contribution >= 4 is 0 Å². The highest BCUT2D eigenvalue weighted by Crippen LogP contribution is 2.22. The average molecular weight is 237 g/mol. The molecule has 0 heterocycles. The van der Waals surface area contributed by atoms with Crippen LogP contribution in [0.1, 0.15) is 31.9 Å². The smallest absolute Gasteiger partial charge is 0.124 e. The molecule has 2 N–H and O–H groups in total. The first-order chi connectivity index (χ1) is 8.08.